The van der Waals surface area contributed by atoms with Crippen molar-refractivity contribution in [1.29, 1.82) is 0 Å². The Bertz CT molecular complexity index is 358. The second-order valence-electron chi connectivity index (χ2n) is 3.60. The van der Waals surface area contributed by atoms with E-state index < -0.39 is 6.10 Å². The minimum atomic E-state index is -0.437. The zero-order valence-electron chi connectivity index (χ0n) is 10.3. The van der Waals surface area contributed by atoms with Gasteiger partial charge in [0.25, 0.3) is 5.91 Å². The van der Waals surface area contributed by atoms with Crippen LogP contribution in [-0.4, -0.2) is 26.2 Å². The summed E-state index contributed by atoms with van der Waals surface area (Å²) in [5, 5.41) is 5.86. The normalized spacial score (nSPS) is 11.5. The van der Waals surface area contributed by atoms with Gasteiger partial charge in [-0.05, 0) is 31.7 Å². The number of hydrogen-bond donors (Lipinski definition) is 2. The van der Waals surface area contributed by atoms with Crippen LogP contribution in [0, 0.1) is 0 Å². The van der Waals surface area contributed by atoms with Crippen molar-refractivity contribution in [3.05, 3.63) is 29.8 Å². The molecular formula is C12H19ClN2O2. The van der Waals surface area contributed by atoms with Gasteiger partial charge in [-0.25, -0.2) is 0 Å². The Balaban J connectivity index is 0.00000256. The number of nitrogens with one attached hydrogen (secondary N) is 2. The largest absolute Gasteiger partial charge is 0.372 e. The molecule has 0 heterocycles. The number of anilines is 1. The van der Waals surface area contributed by atoms with Gasteiger partial charge in [-0.3, -0.25) is 4.79 Å². The van der Waals surface area contributed by atoms with E-state index in [4.69, 9.17) is 4.74 Å². The van der Waals surface area contributed by atoms with Gasteiger partial charge >= 0.3 is 0 Å². The molecule has 96 valence electrons. The van der Waals surface area contributed by atoms with E-state index in [9.17, 15) is 4.79 Å². The van der Waals surface area contributed by atoms with Crippen molar-refractivity contribution in [2.75, 3.05) is 19.5 Å². The SMILES string of the molecule is CNCc1cccc(NC(=O)C(C)OC)c1.Cl. The van der Waals surface area contributed by atoms with E-state index in [1.807, 2.05) is 31.3 Å². The first-order valence-corrected chi connectivity index (χ1v) is 5.24. The van der Waals surface area contributed by atoms with Gasteiger partial charge in [0.1, 0.15) is 6.10 Å². The number of ether oxygens (including phenoxy) is 1. The Hall–Kier alpha value is -1.10. The van der Waals surface area contributed by atoms with E-state index in [-0.39, 0.29) is 18.3 Å². The van der Waals surface area contributed by atoms with Gasteiger partial charge in [-0.2, -0.15) is 0 Å². The summed E-state index contributed by atoms with van der Waals surface area (Å²) in [6, 6.07) is 7.72. The summed E-state index contributed by atoms with van der Waals surface area (Å²) in [7, 11) is 3.40. The Morgan fingerprint density at radius 2 is 2.18 bits per heavy atom. The maximum Gasteiger partial charge on any atom is 0.253 e. The average molecular weight is 259 g/mol. The number of carbonyl (C=O) groups excluding carboxylic acids is 1. The van der Waals surface area contributed by atoms with E-state index in [1.165, 1.54) is 7.11 Å². The fourth-order valence-electron chi connectivity index (χ4n) is 1.31. The number of rotatable bonds is 5. The second-order valence-corrected chi connectivity index (χ2v) is 3.60. The second kappa shape index (κ2) is 8.06. The first kappa shape index (κ1) is 15.9. The van der Waals surface area contributed by atoms with Crippen LogP contribution in [0.25, 0.3) is 0 Å². The maximum absolute atomic E-state index is 11.6. The molecule has 0 fully saturated rings. The van der Waals surface area contributed by atoms with Crippen LogP contribution in [0.1, 0.15) is 12.5 Å². The molecule has 17 heavy (non-hydrogen) atoms. The highest BCUT2D eigenvalue weighted by Gasteiger charge is 2.11. The van der Waals surface area contributed by atoms with Crippen LogP contribution in [0.2, 0.25) is 0 Å². The molecule has 4 nitrogen and oxygen atoms in total. The van der Waals surface area contributed by atoms with Gasteiger partial charge in [0.15, 0.2) is 0 Å². The molecule has 0 saturated heterocycles. The summed E-state index contributed by atoms with van der Waals surface area (Å²) in [5.41, 5.74) is 1.92. The van der Waals surface area contributed by atoms with Crippen LogP contribution in [0.5, 0.6) is 0 Å². The van der Waals surface area contributed by atoms with Crippen molar-refractivity contribution < 1.29 is 9.53 Å². The average Bonchev–Trinajstić information content (AvgIpc) is 2.29. The molecule has 1 rings (SSSR count). The lowest BCUT2D eigenvalue weighted by atomic mass is 10.2. The van der Waals surface area contributed by atoms with Gasteiger partial charge in [0, 0.05) is 19.3 Å². The summed E-state index contributed by atoms with van der Waals surface area (Å²) in [4.78, 5) is 11.6. The molecule has 0 aliphatic rings. The molecule has 1 unspecified atom stereocenters. The quantitative estimate of drug-likeness (QED) is 0.847. The van der Waals surface area contributed by atoms with Gasteiger partial charge in [0.2, 0.25) is 0 Å². The van der Waals surface area contributed by atoms with E-state index in [0.717, 1.165) is 17.8 Å². The van der Waals surface area contributed by atoms with Crippen molar-refractivity contribution >= 4 is 24.0 Å². The lowest BCUT2D eigenvalue weighted by molar-refractivity contribution is -0.124. The summed E-state index contributed by atoms with van der Waals surface area (Å²) >= 11 is 0. The Morgan fingerprint density at radius 1 is 1.47 bits per heavy atom. The molecule has 1 aromatic carbocycles. The molecule has 0 aliphatic carbocycles. The number of amides is 1. The first-order valence-electron chi connectivity index (χ1n) is 5.24. The Labute approximate surface area is 108 Å². The predicted molar refractivity (Wildman–Crippen MR) is 71.6 cm³/mol. The van der Waals surface area contributed by atoms with E-state index in [1.54, 1.807) is 6.92 Å². The van der Waals surface area contributed by atoms with E-state index in [0.29, 0.717) is 0 Å². The van der Waals surface area contributed by atoms with Crippen LogP contribution in [-0.2, 0) is 16.1 Å². The van der Waals surface area contributed by atoms with Crippen LogP contribution in [0.3, 0.4) is 0 Å². The van der Waals surface area contributed by atoms with Crippen molar-refractivity contribution in [3.8, 4) is 0 Å². The van der Waals surface area contributed by atoms with E-state index >= 15 is 0 Å². The topological polar surface area (TPSA) is 50.4 Å². The van der Waals surface area contributed by atoms with Crippen LogP contribution in [0.15, 0.2) is 24.3 Å². The first-order chi connectivity index (χ1) is 7.67. The molecule has 0 radical (unpaired) electrons. The molecule has 0 aliphatic heterocycles. The summed E-state index contributed by atoms with van der Waals surface area (Å²) in [6.07, 6.45) is -0.437. The summed E-state index contributed by atoms with van der Waals surface area (Å²) < 4.78 is 4.94. The number of carbonyl (C=O) groups is 1. The monoisotopic (exact) mass is 258 g/mol. The van der Waals surface area contributed by atoms with Gasteiger partial charge in [-0.1, -0.05) is 12.1 Å². The highest BCUT2D eigenvalue weighted by atomic mass is 35.5. The lowest BCUT2D eigenvalue weighted by Gasteiger charge is -2.11. The minimum absolute atomic E-state index is 0. The molecule has 0 spiro atoms. The van der Waals surface area contributed by atoms with Crippen LogP contribution < -0.4 is 10.6 Å². The molecule has 2 N–H and O–H groups in total. The Morgan fingerprint density at radius 3 is 2.76 bits per heavy atom. The van der Waals surface area contributed by atoms with Crippen molar-refractivity contribution in [2.24, 2.45) is 0 Å². The number of hydrogen-bond acceptors (Lipinski definition) is 3. The molecule has 1 aromatic rings. The highest BCUT2D eigenvalue weighted by Crippen LogP contribution is 2.11. The fraction of sp³-hybridized carbons (Fsp3) is 0.417. The Kier molecular flexibility index (Phi) is 7.54. The maximum atomic E-state index is 11.6. The zero-order chi connectivity index (χ0) is 12.0. The third-order valence-electron chi connectivity index (χ3n) is 2.30. The molecule has 0 bridgehead atoms. The van der Waals surface area contributed by atoms with Crippen LogP contribution >= 0.6 is 12.4 Å². The van der Waals surface area contributed by atoms with Crippen molar-refractivity contribution in [2.45, 2.75) is 19.6 Å². The molecule has 0 saturated carbocycles. The summed E-state index contributed by atoms with van der Waals surface area (Å²) in [6.45, 7) is 2.50. The van der Waals surface area contributed by atoms with Gasteiger partial charge in [0.05, 0.1) is 0 Å². The minimum Gasteiger partial charge on any atom is -0.372 e. The third-order valence-corrected chi connectivity index (χ3v) is 2.30. The third kappa shape index (κ3) is 5.17. The standard InChI is InChI=1S/C12H18N2O2.ClH/c1-9(16-3)12(15)14-11-6-4-5-10(7-11)8-13-2;/h4-7,9,13H,8H2,1-3H3,(H,14,15);1H. The highest BCUT2D eigenvalue weighted by molar-refractivity contribution is 5.93. The van der Waals surface area contributed by atoms with Crippen molar-refractivity contribution in [1.82, 2.24) is 5.32 Å². The zero-order valence-corrected chi connectivity index (χ0v) is 11.1. The smallest absolute Gasteiger partial charge is 0.253 e. The number of halogens is 1. The molecule has 5 heteroatoms. The van der Waals surface area contributed by atoms with Crippen LogP contribution in [0.4, 0.5) is 5.69 Å². The fourth-order valence-corrected chi connectivity index (χ4v) is 1.31. The lowest BCUT2D eigenvalue weighted by Crippen LogP contribution is -2.26. The van der Waals surface area contributed by atoms with Gasteiger partial charge < -0.3 is 15.4 Å². The van der Waals surface area contributed by atoms with Crippen molar-refractivity contribution in [3.63, 3.8) is 0 Å². The molecule has 1 atom stereocenters. The van der Waals surface area contributed by atoms with Gasteiger partial charge in [-0.15, -0.1) is 12.4 Å². The molecule has 0 aromatic heterocycles. The molecular weight excluding hydrogens is 240 g/mol. The van der Waals surface area contributed by atoms with E-state index in [2.05, 4.69) is 10.6 Å². The molecule has 1 amide bonds. The predicted octanol–water partition coefficient (Wildman–Crippen LogP) is 1.80. The number of methoxy groups -OCH3 is 1. The number of benzene rings is 1. The summed E-state index contributed by atoms with van der Waals surface area (Å²) in [5.74, 6) is -0.135.